The predicted octanol–water partition coefficient (Wildman–Crippen LogP) is 2.88. The maximum absolute atomic E-state index is 12.9. The van der Waals surface area contributed by atoms with Gasteiger partial charge in [-0.25, -0.2) is 8.42 Å². The lowest BCUT2D eigenvalue weighted by molar-refractivity contribution is -0.187. The number of hydrogen-bond donors (Lipinski definition) is 1. The number of alkyl halides is 3. The summed E-state index contributed by atoms with van der Waals surface area (Å²) in [4.78, 5) is 10.6. The molecule has 0 unspecified atom stereocenters. The molecule has 2 atom stereocenters. The van der Waals surface area contributed by atoms with E-state index in [1.54, 1.807) is 0 Å². The highest BCUT2D eigenvalue weighted by molar-refractivity contribution is 7.89. The second kappa shape index (κ2) is 6.12. The molecule has 1 aliphatic heterocycles. The molecular formula is C12H10Cl2F3NO4S. The van der Waals surface area contributed by atoms with Crippen LogP contribution in [0.3, 0.4) is 0 Å². The highest BCUT2D eigenvalue weighted by Crippen LogP contribution is 2.41. The molecule has 0 radical (unpaired) electrons. The van der Waals surface area contributed by atoms with Crippen LogP contribution in [-0.4, -0.2) is 43.1 Å². The van der Waals surface area contributed by atoms with Crippen LogP contribution in [0.1, 0.15) is 0 Å². The van der Waals surface area contributed by atoms with Gasteiger partial charge < -0.3 is 5.11 Å². The fourth-order valence-corrected chi connectivity index (χ4v) is 4.60. The molecule has 1 aromatic carbocycles. The van der Waals surface area contributed by atoms with Crippen LogP contribution < -0.4 is 0 Å². The van der Waals surface area contributed by atoms with Gasteiger partial charge in [-0.1, -0.05) is 29.3 Å². The van der Waals surface area contributed by atoms with Crippen molar-refractivity contribution in [3.63, 3.8) is 0 Å². The first-order valence-corrected chi connectivity index (χ1v) is 8.39. The minimum absolute atomic E-state index is 0.0749. The van der Waals surface area contributed by atoms with Gasteiger partial charge >= 0.3 is 12.1 Å². The molecule has 2 rings (SSSR count). The number of hydrogen-bond acceptors (Lipinski definition) is 3. The summed E-state index contributed by atoms with van der Waals surface area (Å²) < 4.78 is 64.3. The molecule has 0 aromatic heterocycles. The summed E-state index contributed by atoms with van der Waals surface area (Å²) in [6.07, 6.45) is -4.83. The van der Waals surface area contributed by atoms with Crippen LogP contribution >= 0.6 is 23.2 Å². The number of carbonyl (C=O) groups is 1. The van der Waals surface area contributed by atoms with Gasteiger partial charge in [-0.3, -0.25) is 4.79 Å². The van der Waals surface area contributed by atoms with Crippen molar-refractivity contribution in [2.45, 2.75) is 11.1 Å². The summed E-state index contributed by atoms with van der Waals surface area (Å²) >= 11 is 11.5. The van der Waals surface area contributed by atoms with Gasteiger partial charge in [-0.15, -0.1) is 0 Å². The summed E-state index contributed by atoms with van der Waals surface area (Å²) in [5.74, 6) is -5.86. The molecule has 1 aliphatic rings. The Morgan fingerprint density at radius 1 is 1.26 bits per heavy atom. The summed E-state index contributed by atoms with van der Waals surface area (Å²) in [7, 11) is -4.40. The average molecular weight is 392 g/mol. The Bertz CT molecular complexity index is 738. The molecule has 128 valence electrons. The van der Waals surface area contributed by atoms with Crippen molar-refractivity contribution in [1.29, 1.82) is 0 Å². The maximum Gasteiger partial charge on any atom is 0.393 e. The molecule has 0 spiro atoms. The minimum Gasteiger partial charge on any atom is -0.481 e. The van der Waals surface area contributed by atoms with Gasteiger partial charge in [-0.2, -0.15) is 17.5 Å². The predicted molar refractivity (Wildman–Crippen MR) is 75.9 cm³/mol. The SMILES string of the molecule is O=C(O)[C@@H]1CN(S(=O)(=O)c2cccc(Cl)c2Cl)C[C@H]1C(F)(F)F. The highest BCUT2D eigenvalue weighted by atomic mass is 35.5. The molecule has 1 aromatic rings. The largest absolute Gasteiger partial charge is 0.481 e. The van der Waals surface area contributed by atoms with E-state index in [9.17, 15) is 26.4 Å². The first-order chi connectivity index (χ1) is 10.5. The number of carboxylic acid groups (broad SMARTS) is 1. The van der Waals surface area contributed by atoms with Crippen molar-refractivity contribution in [3.8, 4) is 0 Å². The van der Waals surface area contributed by atoms with E-state index < -0.39 is 52.0 Å². The van der Waals surface area contributed by atoms with E-state index in [2.05, 4.69) is 0 Å². The molecule has 1 saturated heterocycles. The van der Waals surface area contributed by atoms with Crippen molar-refractivity contribution in [2.75, 3.05) is 13.1 Å². The Morgan fingerprint density at radius 2 is 1.87 bits per heavy atom. The third kappa shape index (κ3) is 3.42. The lowest BCUT2D eigenvalue weighted by Crippen LogP contribution is -2.34. The van der Waals surface area contributed by atoms with E-state index in [0.717, 1.165) is 6.07 Å². The number of rotatable bonds is 3. The van der Waals surface area contributed by atoms with Crippen molar-refractivity contribution in [2.24, 2.45) is 11.8 Å². The topological polar surface area (TPSA) is 74.7 Å². The zero-order valence-corrected chi connectivity index (χ0v) is 13.5. The second-order valence-corrected chi connectivity index (χ2v) is 7.66. The van der Waals surface area contributed by atoms with E-state index in [1.807, 2.05) is 0 Å². The average Bonchev–Trinajstić information content (AvgIpc) is 2.87. The molecule has 0 bridgehead atoms. The van der Waals surface area contributed by atoms with Crippen LogP contribution in [0, 0.1) is 11.8 Å². The third-order valence-corrected chi connectivity index (χ3v) is 6.36. The van der Waals surface area contributed by atoms with Gasteiger partial charge in [0.1, 0.15) is 4.90 Å². The molecule has 1 heterocycles. The van der Waals surface area contributed by atoms with Gasteiger partial charge in [-0.05, 0) is 12.1 Å². The second-order valence-electron chi connectivity index (χ2n) is 4.97. The normalized spacial score (nSPS) is 23.2. The number of halogens is 5. The molecule has 5 nitrogen and oxygen atoms in total. The summed E-state index contributed by atoms with van der Waals surface area (Å²) in [5.41, 5.74) is 0. The van der Waals surface area contributed by atoms with E-state index in [0.29, 0.717) is 4.31 Å². The van der Waals surface area contributed by atoms with Gasteiger partial charge in [0.15, 0.2) is 0 Å². The summed E-state index contributed by atoms with van der Waals surface area (Å²) in [6, 6.07) is 3.71. The Balaban J connectivity index is 2.42. The van der Waals surface area contributed by atoms with Crippen molar-refractivity contribution >= 4 is 39.2 Å². The maximum atomic E-state index is 12.9. The first-order valence-electron chi connectivity index (χ1n) is 6.20. The van der Waals surface area contributed by atoms with Gasteiger partial charge in [0, 0.05) is 13.1 Å². The molecule has 0 amide bonds. The van der Waals surface area contributed by atoms with Crippen molar-refractivity contribution in [1.82, 2.24) is 4.31 Å². The third-order valence-electron chi connectivity index (χ3n) is 3.56. The standard InChI is InChI=1S/C12H10Cl2F3NO4S/c13-8-2-1-3-9(10(8)14)23(21,22)18-4-6(11(19)20)7(5-18)12(15,16)17/h1-3,6-7H,4-5H2,(H,19,20)/t6-,7-/m1/s1. The van der Waals surface area contributed by atoms with Gasteiger partial charge in [0.05, 0.1) is 21.9 Å². The van der Waals surface area contributed by atoms with Crippen LogP contribution in [0.25, 0.3) is 0 Å². The van der Waals surface area contributed by atoms with E-state index in [1.165, 1.54) is 12.1 Å². The molecule has 0 aliphatic carbocycles. The van der Waals surface area contributed by atoms with Crippen molar-refractivity contribution < 1.29 is 31.5 Å². The zero-order chi connectivity index (χ0) is 17.6. The Labute approximate surface area is 139 Å². The minimum atomic E-state index is -4.83. The number of aliphatic carboxylic acids is 1. The molecule has 11 heteroatoms. The van der Waals surface area contributed by atoms with Crippen molar-refractivity contribution in [3.05, 3.63) is 28.2 Å². The van der Waals surface area contributed by atoms with Gasteiger partial charge in [0.25, 0.3) is 0 Å². The monoisotopic (exact) mass is 391 g/mol. The van der Waals surface area contributed by atoms with Crippen LogP contribution in [0.2, 0.25) is 10.0 Å². The first kappa shape index (κ1) is 18.3. The van der Waals surface area contributed by atoms with Crippen LogP contribution in [0.15, 0.2) is 23.1 Å². The zero-order valence-electron chi connectivity index (χ0n) is 11.2. The Morgan fingerprint density at radius 3 is 2.35 bits per heavy atom. The fraction of sp³-hybridized carbons (Fsp3) is 0.417. The number of nitrogens with zero attached hydrogens (tertiary/aromatic N) is 1. The molecule has 0 saturated carbocycles. The number of carboxylic acids is 1. The lowest BCUT2D eigenvalue weighted by atomic mass is 9.96. The molecule has 1 N–H and O–H groups in total. The lowest BCUT2D eigenvalue weighted by Gasteiger charge is -2.19. The van der Waals surface area contributed by atoms with E-state index >= 15 is 0 Å². The highest BCUT2D eigenvalue weighted by Gasteiger charge is 2.55. The number of sulfonamides is 1. The quantitative estimate of drug-likeness (QED) is 0.859. The van der Waals surface area contributed by atoms with Gasteiger partial charge in [0.2, 0.25) is 10.0 Å². The van der Waals surface area contributed by atoms with E-state index in [-0.39, 0.29) is 10.0 Å². The molecular weight excluding hydrogens is 382 g/mol. The smallest absolute Gasteiger partial charge is 0.393 e. The van der Waals surface area contributed by atoms with Crippen LogP contribution in [0.5, 0.6) is 0 Å². The summed E-state index contributed by atoms with van der Waals surface area (Å²) in [6.45, 7) is -1.77. The number of benzene rings is 1. The van der Waals surface area contributed by atoms with Crippen LogP contribution in [0.4, 0.5) is 13.2 Å². The van der Waals surface area contributed by atoms with E-state index in [4.69, 9.17) is 28.3 Å². The Hall–Kier alpha value is -1.03. The fourth-order valence-electron chi connectivity index (χ4n) is 2.37. The molecule has 23 heavy (non-hydrogen) atoms. The van der Waals surface area contributed by atoms with Crippen LogP contribution in [-0.2, 0) is 14.8 Å². The Kier molecular flexibility index (Phi) is 4.87. The molecule has 1 fully saturated rings. The summed E-state index contributed by atoms with van der Waals surface area (Å²) in [5, 5.41) is 8.53.